The van der Waals surface area contributed by atoms with Gasteiger partial charge < -0.3 is 34.4 Å². The number of amides is 3. The first-order chi connectivity index (χ1) is 24.4. The lowest BCUT2D eigenvalue weighted by atomic mass is 10.2. The Kier molecular flexibility index (Phi) is 12.6. The molecular formula is C37H40N6O7. The predicted octanol–water partition coefficient (Wildman–Crippen LogP) is 5.77. The third-order valence-corrected chi connectivity index (χ3v) is 8.37. The van der Waals surface area contributed by atoms with Crippen LogP contribution < -0.4 is 15.1 Å². The lowest BCUT2D eigenvalue weighted by molar-refractivity contribution is -0.384. The topological polar surface area (TPSA) is 138 Å². The Labute approximate surface area is 290 Å². The van der Waals surface area contributed by atoms with Gasteiger partial charge in [-0.3, -0.25) is 14.9 Å². The van der Waals surface area contributed by atoms with Crippen molar-refractivity contribution >= 4 is 41.3 Å². The summed E-state index contributed by atoms with van der Waals surface area (Å²) in [7, 11) is 0. The van der Waals surface area contributed by atoms with Crippen molar-refractivity contribution in [1.82, 2.24) is 9.80 Å². The molecule has 0 radical (unpaired) electrons. The van der Waals surface area contributed by atoms with E-state index in [9.17, 15) is 24.5 Å². The minimum atomic E-state index is -0.412. The van der Waals surface area contributed by atoms with Crippen molar-refractivity contribution in [2.45, 2.75) is 13.2 Å². The molecule has 50 heavy (non-hydrogen) atoms. The summed E-state index contributed by atoms with van der Waals surface area (Å²) in [5, 5.41) is 13.3. The van der Waals surface area contributed by atoms with E-state index in [1.165, 1.54) is 12.1 Å². The number of ether oxygens (including phenoxy) is 2. The summed E-state index contributed by atoms with van der Waals surface area (Å²) in [5.41, 5.74) is 4.78. The fourth-order valence-electron chi connectivity index (χ4n) is 5.54. The second kappa shape index (κ2) is 17.9. The molecule has 13 heteroatoms. The summed E-state index contributed by atoms with van der Waals surface area (Å²) >= 11 is 0. The van der Waals surface area contributed by atoms with Gasteiger partial charge in [-0.15, -0.1) is 0 Å². The maximum Gasteiger partial charge on any atom is 0.410 e. The number of nitrogens with zero attached hydrogens (tertiary/aromatic N) is 5. The first-order valence-electron chi connectivity index (χ1n) is 16.4. The molecule has 1 N–H and O–H groups in total. The van der Waals surface area contributed by atoms with E-state index in [0.29, 0.717) is 52.3 Å². The second-order valence-electron chi connectivity index (χ2n) is 11.6. The van der Waals surface area contributed by atoms with Gasteiger partial charge in [0.05, 0.1) is 4.92 Å². The fourth-order valence-corrected chi connectivity index (χ4v) is 5.54. The Balaban J connectivity index is 0.000000194. The fraction of sp³-hybridized carbons (Fsp3) is 0.270. The van der Waals surface area contributed by atoms with E-state index >= 15 is 0 Å². The Bertz CT molecular complexity index is 1680. The number of nitrogens with one attached hydrogen (secondary N) is 1. The van der Waals surface area contributed by atoms with Crippen LogP contribution in [0.4, 0.5) is 32.3 Å². The van der Waals surface area contributed by atoms with Crippen molar-refractivity contribution in [2.24, 2.45) is 0 Å². The molecule has 2 saturated heterocycles. The molecule has 4 aromatic rings. The Morgan fingerprint density at radius 3 is 1.40 bits per heavy atom. The van der Waals surface area contributed by atoms with E-state index in [0.717, 1.165) is 41.3 Å². The number of non-ortho nitro benzene ring substituents is 1. The third-order valence-electron chi connectivity index (χ3n) is 8.37. The number of anilines is 3. The SMILES string of the molecule is O=C(OCc1ccccc1)N1CCN(c2ccc([N+](=O)[O-])cc2)CC1.O=CNc1ccc(N2CCN(C(=O)OCc3ccccc3)CC2)cc1. The van der Waals surface area contributed by atoms with Crippen molar-refractivity contribution in [3.05, 3.63) is 130 Å². The molecule has 0 atom stereocenters. The number of carbonyl (C=O) groups excluding carboxylic acids is 3. The van der Waals surface area contributed by atoms with Crippen molar-refractivity contribution in [1.29, 1.82) is 0 Å². The van der Waals surface area contributed by atoms with E-state index in [1.807, 2.05) is 84.9 Å². The summed E-state index contributed by atoms with van der Waals surface area (Å²) in [5.74, 6) is 0. The van der Waals surface area contributed by atoms with Crippen LogP contribution in [-0.4, -0.2) is 85.7 Å². The van der Waals surface area contributed by atoms with Crippen LogP contribution >= 0.6 is 0 Å². The van der Waals surface area contributed by atoms with Gasteiger partial charge in [-0.2, -0.15) is 0 Å². The minimum Gasteiger partial charge on any atom is -0.445 e. The third kappa shape index (κ3) is 10.2. The number of nitro groups is 1. The molecule has 260 valence electrons. The molecular weight excluding hydrogens is 640 g/mol. The number of nitro benzene ring substituents is 1. The summed E-state index contributed by atoms with van der Waals surface area (Å²) in [6.07, 6.45) is 0.0794. The van der Waals surface area contributed by atoms with Gasteiger partial charge in [0, 0.05) is 81.6 Å². The molecule has 2 heterocycles. The Hall–Kier alpha value is -6.11. The standard InChI is InChI=1S/C19H21N3O3.C18H19N3O4/c23-15-20-17-6-8-18(9-7-17)21-10-12-22(13-11-21)19(24)25-14-16-4-2-1-3-5-16;22-18(25-14-15-4-2-1-3-5-15)20-12-10-19(11-13-20)16-6-8-17(9-7-16)21(23)24/h1-9,15H,10-14H2,(H,20,23);1-9H,10-14H2. The smallest absolute Gasteiger partial charge is 0.410 e. The quantitative estimate of drug-likeness (QED) is 0.133. The molecule has 0 spiro atoms. The monoisotopic (exact) mass is 680 g/mol. The number of piperazine rings is 2. The number of benzene rings is 4. The van der Waals surface area contributed by atoms with Crippen LogP contribution in [0.5, 0.6) is 0 Å². The van der Waals surface area contributed by atoms with Crippen molar-refractivity contribution in [3.63, 3.8) is 0 Å². The highest BCUT2D eigenvalue weighted by Crippen LogP contribution is 2.22. The maximum absolute atomic E-state index is 12.2. The lowest BCUT2D eigenvalue weighted by Gasteiger charge is -2.35. The van der Waals surface area contributed by atoms with Gasteiger partial charge in [-0.25, -0.2) is 9.59 Å². The van der Waals surface area contributed by atoms with Crippen molar-refractivity contribution < 1.29 is 28.8 Å². The molecule has 3 amide bonds. The Morgan fingerprint density at radius 1 is 0.620 bits per heavy atom. The highest BCUT2D eigenvalue weighted by molar-refractivity contribution is 5.72. The van der Waals surface area contributed by atoms with Crippen LogP contribution in [-0.2, 0) is 27.5 Å². The van der Waals surface area contributed by atoms with E-state index in [2.05, 4.69) is 15.1 Å². The largest absolute Gasteiger partial charge is 0.445 e. The predicted molar refractivity (Wildman–Crippen MR) is 190 cm³/mol. The molecule has 2 aliphatic rings. The van der Waals surface area contributed by atoms with Gasteiger partial charge in [-0.1, -0.05) is 60.7 Å². The van der Waals surface area contributed by atoms with Crippen LogP contribution in [0.2, 0.25) is 0 Å². The van der Waals surface area contributed by atoms with Crippen LogP contribution in [0.3, 0.4) is 0 Å². The van der Waals surface area contributed by atoms with E-state index in [4.69, 9.17) is 9.47 Å². The second-order valence-corrected chi connectivity index (χ2v) is 11.6. The highest BCUT2D eigenvalue weighted by atomic mass is 16.6. The number of hydrogen-bond acceptors (Lipinski definition) is 9. The van der Waals surface area contributed by atoms with E-state index in [-0.39, 0.29) is 24.5 Å². The van der Waals surface area contributed by atoms with Gasteiger partial charge >= 0.3 is 12.2 Å². The van der Waals surface area contributed by atoms with Gasteiger partial charge in [0.25, 0.3) is 5.69 Å². The van der Waals surface area contributed by atoms with E-state index in [1.54, 1.807) is 21.9 Å². The highest BCUT2D eigenvalue weighted by Gasteiger charge is 2.24. The molecule has 0 aromatic heterocycles. The zero-order chi connectivity index (χ0) is 35.1. The number of rotatable bonds is 9. The molecule has 0 saturated carbocycles. The maximum atomic E-state index is 12.2. The molecule has 2 aliphatic heterocycles. The molecule has 0 bridgehead atoms. The molecule has 0 aliphatic carbocycles. The van der Waals surface area contributed by atoms with Gasteiger partial charge in [0.15, 0.2) is 0 Å². The number of carbonyl (C=O) groups is 3. The minimum absolute atomic E-state index is 0.0758. The molecule has 4 aromatic carbocycles. The first-order valence-corrected chi connectivity index (χ1v) is 16.4. The van der Waals surface area contributed by atoms with Gasteiger partial charge in [-0.05, 0) is 47.5 Å². The summed E-state index contributed by atoms with van der Waals surface area (Å²) in [4.78, 5) is 52.8. The van der Waals surface area contributed by atoms with Crippen molar-refractivity contribution in [3.8, 4) is 0 Å². The normalized spacial score (nSPS) is 14.2. The van der Waals surface area contributed by atoms with Gasteiger partial charge in [0.2, 0.25) is 6.41 Å². The number of hydrogen-bond donors (Lipinski definition) is 1. The zero-order valence-electron chi connectivity index (χ0n) is 27.6. The zero-order valence-corrected chi connectivity index (χ0v) is 27.6. The Morgan fingerprint density at radius 2 is 1.02 bits per heavy atom. The lowest BCUT2D eigenvalue weighted by Crippen LogP contribution is -2.48. The van der Waals surface area contributed by atoms with Gasteiger partial charge in [0.1, 0.15) is 13.2 Å². The molecule has 13 nitrogen and oxygen atoms in total. The van der Waals surface area contributed by atoms with E-state index < -0.39 is 4.92 Å². The summed E-state index contributed by atoms with van der Waals surface area (Å²) in [6, 6.07) is 33.4. The van der Waals surface area contributed by atoms with Crippen LogP contribution in [0.1, 0.15) is 11.1 Å². The van der Waals surface area contributed by atoms with Crippen molar-refractivity contribution in [2.75, 3.05) is 67.5 Å². The average molecular weight is 681 g/mol. The molecule has 0 unspecified atom stereocenters. The van der Waals surface area contributed by atoms with Crippen LogP contribution in [0.25, 0.3) is 0 Å². The van der Waals surface area contributed by atoms with Crippen LogP contribution in [0, 0.1) is 10.1 Å². The molecule has 2 fully saturated rings. The first kappa shape index (κ1) is 35.2. The summed E-state index contributed by atoms with van der Waals surface area (Å²) < 4.78 is 10.7. The summed E-state index contributed by atoms with van der Waals surface area (Å²) in [6.45, 7) is 5.77. The van der Waals surface area contributed by atoms with Crippen LogP contribution in [0.15, 0.2) is 109 Å². The average Bonchev–Trinajstić information content (AvgIpc) is 3.18. The molecule has 6 rings (SSSR count).